The molecule has 1 saturated carbocycles. The maximum atomic E-state index is 12.1. The Hall–Kier alpha value is -1.66. The maximum Gasteiger partial charge on any atom is 0.328 e. The molecule has 0 saturated heterocycles. The lowest BCUT2D eigenvalue weighted by atomic mass is 10.2. The molecule has 2 atom stereocenters. The minimum Gasteiger partial charge on any atom is -0.478 e. The third kappa shape index (κ3) is 3.65. The van der Waals surface area contributed by atoms with Gasteiger partial charge in [0.25, 0.3) is 0 Å². The Morgan fingerprint density at radius 1 is 1.47 bits per heavy atom. The maximum absolute atomic E-state index is 12.1. The summed E-state index contributed by atoms with van der Waals surface area (Å²) in [5.41, 5.74) is 0.536. The van der Waals surface area contributed by atoms with Crippen molar-refractivity contribution in [2.75, 3.05) is 0 Å². The predicted molar refractivity (Wildman–Crippen MR) is 71.0 cm³/mol. The predicted octanol–water partition coefficient (Wildman–Crippen LogP) is 1.47. The number of nitrogens with one attached hydrogen (secondary N) is 1. The Morgan fingerprint density at radius 3 is 2.74 bits per heavy atom. The van der Waals surface area contributed by atoms with Crippen molar-refractivity contribution >= 4 is 22.1 Å². The molecule has 0 aromatic heterocycles. The molecule has 1 fully saturated rings. The standard InChI is InChI=1S/C13H15NO4S/c1-9-7-12(9)14-19(17,18)11-4-2-3-10(8-11)5-6-13(15)16/h2-6,8-9,12,14H,7H2,1H3,(H,15,16). The highest BCUT2D eigenvalue weighted by atomic mass is 32.2. The number of carboxylic acids is 1. The number of hydrogen-bond donors (Lipinski definition) is 2. The summed E-state index contributed by atoms with van der Waals surface area (Å²) in [5.74, 6) is -0.692. The van der Waals surface area contributed by atoms with Gasteiger partial charge >= 0.3 is 5.97 Å². The van der Waals surface area contributed by atoms with Crippen LogP contribution in [0.3, 0.4) is 0 Å². The fourth-order valence-electron chi connectivity index (χ4n) is 1.71. The van der Waals surface area contributed by atoms with Crippen molar-refractivity contribution < 1.29 is 18.3 Å². The molecule has 5 nitrogen and oxygen atoms in total. The largest absolute Gasteiger partial charge is 0.478 e. The van der Waals surface area contributed by atoms with E-state index in [1.54, 1.807) is 12.1 Å². The van der Waals surface area contributed by atoms with Crippen molar-refractivity contribution in [1.82, 2.24) is 4.72 Å². The molecule has 2 N–H and O–H groups in total. The van der Waals surface area contributed by atoms with E-state index in [2.05, 4.69) is 4.72 Å². The van der Waals surface area contributed by atoms with E-state index in [4.69, 9.17) is 5.11 Å². The van der Waals surface area contributed by atoms with Gasteiger partial charge in [-0.3, -0.25) is 0 Å². The molecule has 0 radical (unpaired) electrons. The SMILES string of the molecule is CC1CC1NS(=O)(=O)c1cccc(C=CC(=O)O)c1. The fraction of sp³-hybridized carbons (Fsp3) is 0.308. The summed E-state index contributed by atoms with van der Waals surface area (Å²) in [5, 5.41) is 8.54. The zero-order chi connectivity index (χ0) is 14.0. The van der Waals surface area contributed by atoms with Gasteiger partial charge in [-0.05, 0) is 36.1 Å². The Bertz CT molecular complexity index is 621. The average molecular weight is 281 g/mol. The number of hydrogen-bond acceptors (Lipinski definition) is 3. The first-order chi connectivity index (χ1) is 8.88. The lowest BCUT2D eigenvalue weighted by Crippen LogP contribution is -2.26. The third-order valence-electron chi connectivity index (χ3n) is 3.00. The van der Waals surface area contributed by atoms with E-state index in [-0.39, 0.29) is 10.9 Å². The van der Waals surface area contributed by atoms with Crippen LogP contribution in [0.1, 0.15) is 18.9 Å². The monoisotopic (exact) mass is 281 g/mol. The van der Waals surface area contributed by atoms with Crippen LogP contribution in [-0.2, 0) is 14.8 Å². The van der Waals surface area contributed by atoms with Gasteiger partial charge in [0.2, 0.25) is 10.0 Å². The second-order valence-electron chi connectivity index (χ2n) is 4.68. The molecule has 1 aromatic carbocycles. The van der Waals surface area contributed by atoms with Gasteiger partial charge in [0.15, 0.2) is 0 Å². The van der Waals surface area contributed by atoms with E-state index < -0.39 is 16.0 Å². The topological polar surface area (TPSA) is 83.5 Å². The minimum absolute atomic E-state index is 0.0169. The van der Waals surface area contributed by atoms with Gasteiger partial charge in [-0.25, -0.2) is 17.9 Å². The molecule has 1 aromatic rings. The molecule has 0 aliphatic heterocycles. The average Bonchev–Trinajstić information content (AvgIpc) is 3.02. The lowest BCUT2D eigenvalue weighted by molar-refractivity contribution is -0.131. The number of carboxylic acid groups (broad SMARTS) is 1. The molecule has 6 heteroatoms. The quantitative estimate of drug-likeness (QED) is 0.801. The number of sulfonamides is 1. The summed E-state index contributed by atoms with van der Waals surface area (Å²) in [6, 6.07) is 6.20. The summed E-state index contributed by atoms with van der Waals surface area (Å²) in [6.45, 7) is 1.99. The fourth-order valence-corrected chi connectivity index (χ4v) is 3.12. The minimum atomic E-state index is -3.52. The molecule has 2 unspecified atom stereocenters. The Morgan fingerprint density at radius 2 is 2.16 bits per heavy atom. The molecule has 0 heterocycles. The van der Waals surface area contributed by atoms with Crippen molar-refractivity contribution in [3.05, 3.63) is 35.9 Å². The normalized spacial score (nSPS) is 22.6. The van der Waals surface area contributed by atoms with Crippen LogP contribution in [-0.4, -0.2) is 25.5 Å². The van der Waals surface area contributed by atoms with Crippen LogP contribution in [0.25, 0.3) is 6.08 Å². The van der Waals surface area contributed by atoms with Crippen LogP contribution < -0.4 is 4.72 Å². The second kappa shape index (κ2) is 5.14. The summed E-state index contributed by atoms with van der Waals surface area (Å²) >= 11 is 0. The Labute approximate surface area is 112 Å². The van der Waals surface area contributed by atoms with Crippen molar-refractivity contribution in [3.8, 4) is 0 Å². The van der Waals surface area contributed by atoms with Crippen LogP contribution in [0.4, 0.5) is 0 Å². The van der Waals surface area contributed by atoms with Crippen LogP contribution >= 0.6 is 0 Å². The molecule has 0 amide bonds. The van der Waals surface area contributed by atoms with Gasteiger partial charge in [0.05, 0.1) is 4.90 Å². The molecule has 102 valence electrons. The van der Waals surface area contributed by atoms with Gasteiger partial charge in [-0.1, -0.05) is 19.1 Å². The highest BCUT2D eigenvalue weighted by molar-refractivity contribution is 7.89. The van der Waals surface area contributed by atoms with E-state index in [1.807, 2.05) is 6.92 Å². The Balaban J connectivity index is 2.20. The van der Waals surface area contributed by atoms with Crippen LogP contribution in [0.2, 0.25) is 0 Å². The van der Waals surface area contributed by atoms with Gasteiger partial charge in [-0.15, -0.1) is 0 Å². The molecule has 1 aliphatic rings. The van der Waals surface area contributed by atoms with Crippen molar-refractivity contribution in [3.63, 3.8) is 0 Å². The van der Waals surface area contributed by atoms with Gasteiger partial charge < -0.3 is 5.11 Å². The van der Waals surface area contributed by atoms with E-state index in [0.717, 1.165) is 12.5 Å². The number of rotatable bonds is 5. The molecule has 19 heavy (non-hydrogen) atoms. The zero-order valence-corrected chi connectivity index (χ0v) is 11.2. The van der Waals surface area contributed by atoms with Gasteiger partial charge in [0.1, 0.15) is 0 Å². The molecule has 2 rings (SSSR count). The number of aliphatic carboxylic acids is 1. The smallest absolute Gasteiger partial charge is 0.328 e. The molecular formula is C13H15NO4S. The lowest BCUT2D eigenvalue weighted by Gasteiger charge is -2.06. The summed E-state index contributed by atoms with van der Waals surface area (Å²) in [7, 11) is -3.52. The van der Waals surface area contributed by atoms with Crippen molar-refractivity contribution in [2.45, 2.75) is 24.3 Å². The van der Waals surface area contributed by atoms with Crippen LogP contribution in [0.5, 0.6) is 0 Å². The van der Waals surface area contributed by atoms with E-state index in [9.17, 15) is 13.2 Å². The molecule has 0 bridgehead atoms. The van der Waals surface area contributed by atoms with Crippen LogP contribution in [0.15, 0.2) is 35.2 Å². The zero-order valence-electron chi connectivity index (χ0n) is 10.4. The Kier molecular flexibility index (Phi) is 3.73. The number of benzene rings is 1. The van der Waals surface area contributed by atoms with Crippen LogP contribution in [0, 0.1) is 5.92 Å². The second-order valence-corrected chi connectivity index (χ2v) is 6.40. The first kappa shape index (κ1) is 13.8. The highest BCUT2D eigenvalue weighted by Crippen LogP contribution is 2.30. The van der Waals surface area contributed by atoms with Gasteiger partial charge in [-0.2, -0.15) is 0 Å². The first-order valence-electron chi connectivity index (χ1n) is 5.92. The van der Waals surface area contributed by atoms with Gasteiger partial charge in [0, 0.05) is 12.1 Å². The molecule has 1 aliphatic carbocycles. The third-order valence-corrected chi connectivity index (χ3v) is 4.49. The van der Waals surface area contributed by atoms with Crippen molar-refractivity contribution in [2.24, 2.45) is 5.92 Å². The summed E-state index contributed by atoms with van der Waals surface area (Å²) < 4.78 is 26.8. The number of carbonyl (C=O) groups is 1. The van der Waals surface area contributed by atoms with E-state index in [1.165, 1.54) is 18.2 Å². The summed E-state index contributed by atoms with van der Waals surface area (Å²) in [4.78, 5) is 10.6. The van der Waals surface area contributed by atoms with Crippen molar-refractivity contribution in [1.29, 1.82) is 0 Å². The molecular weight excluding hydrogens is 266 g/mol. The first-order valence-corrected chi connectivity index (χ1v) is 7.40. The summed E-state index contributed by atoms with van der Waals surface area (Å²) in [6.07, 6.45) is 3.20. The van der Waals surface area contributed by atoms with E-state index >= 15 is 0 Å². The van der Waals surface area contributed by atoms with E-state index in [0.29, 0.717) is 11.5 Å². The molecule has 0 spiro atoms. The highest BCUT2D eigenvalue weighted by Gasteiger charge is 2.36.